The van der Waals surface area contributed by atoms with E-state index in [1.807, 2.05) is 72.7 Å². The van der Waals surface area contributed by atoms with Gasteiger partial charge < -0.3 is 4.57 Å². The van der Waals surface area contributed by atoms with Crippen molar-refractivity contribution in [3.63, 3.8) is 0 Å². The molecule has 0 atom stereocenters. The minimum Gasteiger partial charge on any atom is -0.307 e. The molecule has 0 bridgehead atoms. The fraction of sp³-hybridized carbons (Fsp3) is 0.391. The van der Waals surface area contributed by atoms with Gasteiger partial charge in [0.25, 0.3) is 0 Å². The van der Waals surface area contributed by atoms with Gasteiger partial charge in [0.15, 0.2) is 0 Å². The van der Waals surface area contributed by atoms with E-state index in [1.165, 1.54) is 0 Å². The van der Waals surface area contributed by atoms with Crippen molar-refractivity contribution in [3.05, 3.63) is 68.8 Å². The van der Waals surface area contributed by atoms with E-state index in [0.717, 1.165) is 33.4 Å². The summed E-state index contributed by atoms with van der Waals surface area (Å²) < 4.78 is 13.9. The van der Waals surface area contributed by atoms with Gasteiger partial charge in [-0.3, -0.25) is 9.59 Å². The number of aryl methyl sites for hydroxylation is 6. The highest BCUT2D eigenvalue weighted by molar-refractivity contribution is 7.95. The zero-order chi connectivity index (χ0) is 20.5. The van der Waals surface area contributed by atoms with Crippen molar-refractivity contribution in [1.29, 1.82) is 0 Å². The number of carbonyl (C=O) groups is 2. The van der Waals surface area contributed by atoms with Crippen LogP contribution in [0.3, 0.4) is 0 Å². The van der Waals surface area contributed by atoms with Crippen LogP contribution in [0.4, 0.5) is 0 Å². The number of carbonyl (C=O) groups excluding carboxylic acids is 2. The molecule has 144 valence electrons. The molecule has 0 aromatic heterocycles. The van der Waals surface area contributed by atoms with Gasteiger partial charge in [0.1, 0.15) is 0 Å². The topological polar surface area (TPSA) is 51.2 Å². The Hall–Kier alpha value is -1.99. The van der Waals surface area contributed by atoms with Crippen LogP contribution in [-0.2, 0) is 4.57 Å². The lowest BCUT2D eigenvalue weighted by Gasteiger charge is -2.20. The van der Waals surface area contributed by atoms with Gasteiger partial charge in [0, 0.05) is 17.3 Å². The van der Waals surface area contributed by atoms with Gasteiger partial charge in [0.2, 0.25) is 18.2 Å². The maximum absolute atomic E-state index is 13.9. The third-order valence-corrected chi connectivity index (χ3v) is 7.81. The van der Waals surface area contributed by atoms with E-state index in [2.05, 4.69) is 0 Å². The van der Waals surface area contributed by atoms with Crippen molar-refractivity contribution in [1.82, 2.24) is 0 Å². The lowest BCUT2D eigenvalue weighted by molar-refractivity contribution is 0.103. The largest absolute Gasteiger partial charge is 0.307 e. The zero-order valence-electron chi connectivity index (χ0n) is 17.4. The molecule has 0 amide bonds. The van der Waals surface area contributed by atoms with E-state index in [-0.39, 0.29) is 6.16 Å². The first-order valence-electron chi connectivity index (χ1n) is 9.37. The molecule has 0 radical (unpaired) electrons. The Labute approximate surface area is 162 Å². The second-order valence-electron chi connectivity index (χ2n) is 7.62. The summed E-state index contributed by atoms with van der Waals surface area (Å²) in [5, 5.41) is 0. The van der Waals surface area contributed by atoms with E-state index in [9.17, 15) is 14.2 Å². The molecule has 0 fully saturated rings. The monoisotopic (exact) mass is 384 g/mol. The van der Waals surface area contributed by atoms with Crippen LogP contribution in [0, 0.1) is 41.5 Å². The van der Waals surface area contributed by atoms with Gasteiger partial charge in [-0.2, -0.15) is 0 Å². The molecule has 0 N–H and O–H groups in total. The van der Waals surface area contributed by atoms with E-state index in [0.29, 0.717) is 17.5 Å². The number of benzene rings is 2. The molecule has 2 rings (SSSR count). The molecule has 3 nitrogen and oxygen atoms in total. The normalized spacial score (nSPS) is 11.5. The maximum atomic E-state index is 13.9. The van der Waals surface area contributed by atoms with Gasteiger partial charge in [0.05, 0.1) is 0 Å². The van der Waals surface area contributed by atoms with Gasteiger partial charge in [-0.25, -0.2) is 0 Å². The molecule has 0 unspecified atom stereocenters. The Bertz CT molecular complexity index is 850. The third-order valence-electron chi connectivity index (χ3n) is 4.98. The van der Waals surface area contributed by atoms with Gasteiger partial charge in [-0.05, 0) is 70.2 Å². The molecule has 4 heteroatoms. The molecule has 0 aliphatic rings. The number of hydrogen-bond acceptors (Lipinski definition) is 3. The second-order valence-corrected chi connectivity index (χ2v) is 10.4. The Kier molecular flexibility index (Phi) is 6.27. The standard InChI is InChI=1S/C23H29O3P/c1-8-9-27(26,22(24)20-16(4)10-14(2)11-17(20)5)23(25)21-18(6)12-15(3)13-19(21)7/h10-13H,8-9H2,1-7H3. The highest BCUT2D eigenvalue weighted by Gasteiger charge is 2.42. The molecular formula is C23H29O3P. The van der Waals surface area contributed by atoms with Crippen LogP contribution in [0.1, 0.15) is 67.4 Å². The Morgan fingerprint density at radius 1 is 0.704 bits per heavy atom. The highest BCUT2D eigenvalue weighted by atomic mass is 31.2. The Morgan fingerprint density at radius 3 is 1.26 bits per heavy atom. The first kappa shape index (κ1) is 21.3. The van der Waals surface area contributed by atoms with E-state index in [1.54, 1.807) is 0 Å². The summed E-state index contributed by atoms with van der Waals surface area (Å²) in [6.07, 6.45) is 0.618. The molecule has 0 aliphatic heterocycles. The number of rotatable bonds is 6. The summed E-state index contributed by atoms with van der Waals surface area (Å²) in [6.45, 7) is 13.2. The smallest absolute Gasteiger partial charge is 0.229 e. The van der Waals surface area contributed by atoms with Crippen LogP contribution in [0.15, 0.2) is 24.3 Å². The van der Waals surface area contributed by atoms with Crippen LogP contribution in [0.25, 0.3) is 0 Å². The van der Waals surface area contributed by atoms with Crippen LogP contribution in [-0.4, -0.2) is 17.2 Å². The summed E-state index contributed by atoms with van der Waals surface area (Å²) in [5.74, 6) is 0. The quantitative estimate of drug-likeness (QED) is 0.550. The minimum absolute atomic E-state index is 0.101. The molecule has 2 aromatic carbocycles. The fourth-order valence-corrected chi connectivity index (χ4v) is 6.65. The molecule has 0 spiro atoms. The molecule has 0 saturated heterocycles. The first-order chi connectivity index (χ1) is 12.5. The zero-order valence-corrected chi connectivity index (χ0v) is 18.3. The predicted molar refractivity (Wildman–Crippen MR) is 113 cm³/mol. The molecular weight excluding hydrogens is 355 g/mol. The molecule has 27 heavy (non-hydrogen) atoms. The van der Waals surface area contributed by atoms with Gasteiger partial charge in [-0.1, -0.05) is 42.3 Å². The lowest BCUT2D eigenvalue weighted by Crippen LogP contribution is -2.17. The minimum atomic E-state index is -3.76. The number of hydrogen-bond donors (Lipinski definition) is 0. The fourth-order valence-electron chi connectivity index (χ4n) is 4.01. The second kappa shape index (κ2) is 7.94. The summed E-state index contributed by atoms with van der Waals surface area (Å²) in [7, 11) is -3.76. The van der Waals surface area contributed by atoms with Crippen molar-refractivity contribution >= 4 is 18.2 Å². The summed E-state index contributed by atoms with van der Waals surface area (Å²) in [5.41, 5.74) is 5.08. The Morgan fingerprint density at radius 2 is 1.00 bits per heavy atom. The van der Waals surface area contributed by atoms with Crippen molar-refractivity contribution < 1.29 is 14.2 Å². The van der Waals surface area contributed by atoms with Crippen LogP contribution >= 0.6 is 7.14 Å². The van der Waals surface area contributed by atoms with E-state index in [4.69, 9.17) is 0 Å². The Balaban J connectivity index is 2.67. The van der Waals surface area contributed by atoms with Crippen molar-refractivity contribution in [2.45, 2.75) is 54.9 Å². The van der Waals surface area contributed by atoms with Crippen LogP contribution < -0.4 is 0 Å². The molecule has 2 aromatic rings. The molecule has 0 heterocycles. The maximum Gasteiger partial charge on any atom is 0.229 e. The average Bonchev–Trinajstić information content (AvgIpc) is 2.52. The molecule has 0 saturated carbocycles. The SMILES string of the molecule is CCCP(=O)(C(=O)c1c(C)cc(C)cc1C)C(=O)c1c(C)cc(C)cc1C. The van der Waals surface area contributed by atoms with E-state index >= 15 is 0 Å². The predicted octanol–water partition coefficient (Wildman–Crippen LogP) is 6.29. The van der Waals surface area contributed by atoms with Crippen molar-refractivity contribution in [2.75, 3.05) is 6.16 Å². The van der Waals surface area contributed by atoms with Crippen molar-refractivity contribution in [3.8, 4) is 0 Å². The highest BCUT2D eigenvalue weighted by Crippen LogP contribution is 2.54. The lowest BCUT2D eigenvalue weighted by atomic mass is 10.0. The summed E-state index contributed by atoms with van der Waals surface area (Å²) in [4.78, 5) is 26.9. The van der Waals surface area contributed by atoms with Crippen molar-refractivity contribution in [2.24, 2.45) is 0 Å². The first-order valence-corrected chi connectivity index (χ1v) is 11.3. The van der Waals surface area contributed by atoms with Crippen LogP contribution in [0.2, 0.25) is 0 Å². The summed E-state index contributed by atoms with van der Waals surface area (Å²) in [6, 6.07) is 7.62. The van der Waals surface area contributed by atoms with Crippen LogP contribution in [0.5, 0.6) is 0 Å². The average molecular weight is 384 g/mol. The summed E-state index contributed by atoms with van der Waals surface area (Å²) >= 11 is 0. The molecule has 0 aliphatic carbocycles. The third kappa shape index (κ3) is 3.99. The van der Waals surface area contributed by atoms with Gasteiger partial charge >= 0.3 is 0 Å². The van der Waals surface area contributed by atoms with Gasteiger partial charge in [-0.15, -0.1) is 0 Å². The van der Waals surface area contributed by atoms with E-state index < -0.39 is 18.2 Å².